The molecule has 0 saturated carbocycles. The highest BCUT2D eigenvalue weighted by Gasteiger charge is 2.23. The predicted octanol–water partition coefficient (Wildman–Crippen LogP) is 3.51. The van der Waals surface area contributed by atoms with Crippen LogP contribution in [-0.2, 0) is 6.54 Å². The number of aromatic nitrogens is 1. The van der Waals surface area contributed by atoms with Gasteiger partial charge < -0.3 is 24.2 Å². The fraction of sp³-hybridized carbons (Fsp3) is 0.346. The summed E-state index contributed by atoms with van der Waals surface area (Å²) >= 11 is 0. The summed E-state index contributed by atoms with van der Waals surface area (Å²) in [5.74, 6) is 1.95. The number of benzene rings is 2. The van der Waals surface area contributed by atoms with E-state index in [0.29, 0.717) is 17.2 Å². The van der Waals surface area contributed by atoms with Crippen LogP contribution in [0.3, 0.4) is 0 Å². The van der Waals surface area contributed by atoms with Gasteiger partial charge in [0.15, 0.2) is 11.5 Å². The van der Waals surface area contributed by atoms with Gasteiger partial charge in [0.05, 0.1) is 21.3 Å². The average Bonchev–Trinajstić information content (AvgIpc) is 2.88. The second-order valence-corrected chi connectivity index (χ2v) is 8.04. The van der Waals surface area contributed by atoms with Crippen molar-refractivity contribution in [2.75, 3.05) is 52.4 Å². The second kappa shape index (κ2) is 10.6. The zero-order chi connectivity index (χ0) is 23.2. The number of ether oxygens (including phenoxy) is 3. The lowest BCUT2D eigenvalue weighted by atomic mass is 10.00. The molecule has 2 heterocycles. The molecule has 2 aromatic carbocycles. The summed E-state index contributed by atoms with van der Waals surface area (Å²) in [6.07, 6.45) is 2.73. The number of hydrogen-bond donors (Lipinski definition) is 1. The van der Waals surface area contributed by atoms with Gasteiger partial charge in [0.1, 0.15) is 6.10 Å². The molecule has 0 aliphatic carbocycles. The minimum atomic E-state index is -0.702. The van der Waals surface area contributed by atoms with Crippen molar-refractivity contribution >= 4 is 5.69 Å². The van der Waals surface area contributed by atoms with Crippen molar-refractivity contribution in [1.29, 1.82) is 0 Å². The van der Waals surface area contributed by atoms with E-state index in [-0.39, 0.29) is 0 Å². The fourth-order valence-electron chi connectivity index (χ4n) is 4.36. The normalized spacial score (nSPS) is 15.2. The molecule has 1 saturated heterocycles. The summed E-state index contributed by atoms with van der Waals surface area (Å²) in [7, 11) is 4.89. The van der Waals surface area contributed by atoms with Crippen LogP contribution in [0.2, 0.25) is 0 Å². The molecule has 0 radical (unpaired) electrons. The molecule has 4 rings (SSSR count). The standard InChI is InChI=1S/C26H31N3O4/c1-31-23-15-19(16-24(32-2)26(23)33-3)18-28-11-13-29(14-12-28)22-9-5-4-8-21(22)25(30)20-7-6-10-27-17-20/h4-10,15-17,25,30H,11-14,18H2,1-3H3. The predicted molar refractivity (Wildman–Crippen MR) is 128 cm³/mol. The van der Waals surface area contributed by atoms with E-state index in [9.17, 15) is 5.11 Å². The molecule has 7 nitrogen and oxygen atoms in total. The van der Waals surface area contributed by atoms with Crippen molar-refractivity contribution in [3.63, 3.8) is 0 Å². The molecule has 1 N–H and O–H groups in total. The lowest BCUT2D eigenvalue weighted by Gasteiger charge is -2.37. The summed E-state index contributed by atoms with van der Waals surface area (Å²) in [6, 6.07) is 15.8. The van der Waals surface area contributed by atoms with Crippen LogP contribution in [0.15, 0.2) is 60.9 Å². The molecule has 3 aromatic rings. The third-order valence-corrected chi connectivity index (χ3v) is 6.08. The Balaban J connectivity index is 1.45. The number of methoxy groups -OCH3 is 3. The number of rotatable bonds is 8. The number of aliphatic hydroxyl groups excluding tert-OH is 1. The van der Waals surface area contributed by atoms with Gasteiger partial charge in [-0.2, -0.15) is 0 Å². The van der Waals surface area contributed by atoms with Gasteiger partial charge >= 0.3 is 0 Å². The fourth-order valence-corrected chi connectivity index (χ4v) is 4.36. The first-order valence-electron chi connectivity index (χ1n) is 11.1. The Labute approximate surface area is 195 Å². The smallest absolute Gasteiger partial charge is 0.203 e. The lowest BCUT2D eigenvalue weighted by Crippen LogP contribution is -2.46. The van der Waals surface area contributed by atoms with Gasteiger partial charge in [-0.1, -0.05) is 24.3 Å². The zero-order valence-electron chi connectivity index (χ0n) is 19.4. The van der Waals surface area contributed by atoms with E-state index in [2.05, 4.69) is 20.9 Å². The van der Waals surface area contributed by atoms with E-state index in [4.69, 9.17) is 14.2 Å². The number of aliphatic hydroxyl groups is 1. The van der Waals surface area contributed by atoms with Gasteiger partial charge in [-0.25, -0.2) is 0 Å². The van der Waals surface area contributed by atoms with E-state index in [1.54, 1.807) is 33.7 Å². The summed E-state index contributed by atoms with van der Waals surface area (Å²) < 4.78 is 16.4. The third kappa shape index (κ3) is 5.05. The van der Waals surface area contributed by atoms with Crippen LogP contribution >= 0.6 is 0 Å². The van der Waals surface area contributed by atoms with Crippen LogP contribution in [0.4, 0.5) is 5.69 Å². The quantitative estimate of drug-likeness (QED) is 0.564. The van der Waals surface area contributed by atoms with Crippen molar-refractivity contribution in [2.45, 2.75) is 12.6 Å². The highest BCUT2D eigenvalue weighted by atomic mass is 16.5. The minimum absolute atomic E-state index is 0.609. The van der Waals surface area contributed by atoms with Gasteiger partial charge in [0, 0.05) is 61.9 Å². The molecule has 1 aromatic heterocycles. The number of anilines is 1. The topological polar surface area (TPSA) is 67.3 Å². The van der Waals surface area contributed by atoms with Gasteiger partial charge in [-0.15, -0.1) is 0 Å². The number of hydrogen-bond acceptors (Lipinski definition) is 7. The SMILES string of the molecule is COc1cc(CN2CCN(c3ccccc3C(O)c3cccnc3)CC2)cc(OC)c1OC. The average molecular weight is 450 g/mol. The van der Waals surface area contributed by atoms with Gasteiger partial charge in [0.25, 0.3) is 0 Å². The monoisotopic (exact) mass is 449 g/mol. The second-order valence-electron chi connectivity index (χ2n) is 8.04. The van der Waals surface area contributed by atoms with Crippen molar-refractivity contribution in [1.82, 2.24) is 9.88 Å². The summed E-state index contributed by atoms with van der Waals surface area (Å²) in [5, 5.41) is 11.0. The largest absolute Gasteiger partial charge is 0.493 e. The number of nitrogens with zero attached hydrogens (tertiary/aromatic N) is 3. The molecule has 7 heteroatoms. The Hall–Kier alpha value is -3.29. The molecule has 174 valence electrons. The highest BCUT2D eigenvalue weighted by molar-refractivity contribution is 5.57. The van der Waals surface area contributed by atoms with Crippen LogP contribution in [0.25, 0.3) is 0 Å². The van der Waals surface area contributed by atoms with E-state index >= 15 is 0 Å². The molecular weight excluding hydrogens is 418 g/mol. The van der Waals surface area contributed by atoms with E-state index in [1.807, 2.05) is 42.5 Å². The van der Waals surface area contributed by atoms with Crippen LogP contribution in [0.5, 0.6) is 17.2 Å². The number of pyridine rings is 1. The maximum atomic E-state index is 11.0. The number of piperazine rings is 1. The van der Waals surface area contributed by atoms with Crippen LogP contribution in [0, 0.1) is 0 Å². The van der Waals surface area contributed by atoms with Gasteiger partial charge in [-0.3, -0.25) is 9.88 Å². The Bertz CT molecular complexity index is 1030. The van der Waals surface area contributed by atoms with Crippen molar-refractivity contribution in [3.8, 4) is 17.2 Å². The van der Waals surface area contributed by atoms with E-state index in [0.717, 1.165) is 55.1 Å². The molecule has 0 amide bonds. The first-order chi connectivity index (χ1) is 16.1. The van der Waals surface area contributed by atoms with Crippen LogP contribution < -0.4 is 19.1 Å². The number of para-hydroxylation sites is 1. The van der Waals surface area contributed by atoms with Gasteiger partial charge in [-0.05, 0) is 29.8 Å². The first kappa shape index (κ1) is 22.9. The van der Waals surface area contributed by atoms with Crippen molar-refractivity contribution in [2.24, 2.45) is 0 Å². The molecule has 1 aliphatic rings. The summed E-state index contributed by atoms with van der Waals surface area (Å²) in [6.45, 7) is 4.37. The van der Waals surface area contributed by atoms with Crippen molar-refractivity contribution < 1.29 is 19.3 Å². The molecule has 33 heavy (non-hydrogen) atoms. The van der Waals surface area contributed by atoms with Crippen molar-refractivity contribution in [3.05, 3.63) is 77.6 Å². The zero-order valence-corrected chi connectivity index (χ0v) is 19.4. The lowest BCUT2D eigenvalue weighted by molar-refractivity contribution is 0.218. The minimum Gasteiger partial charge on any atom is -0.493 e. The Kier molecular flexibility index (Phi) is 7.32. The van der Waals surface area contributed by atoms with E-state index in [1.165, 1.54) is 0 Å². The van der Waals surface area contributed by atoms with Crippen LogP contribution in [-0.4, -0.2) is 62.5 Å². The van der Waals surface area contributed by atoms with E-state index < -0.39 is 6.10 Å². The summed E-state index contributed by atoms with van der Waals surface area (Å²) in [4.78, 5) is 8.91. The molecular formula is C26H31N3O4. The molecule has 1 atom stereocenters. The molecule has 1 aliphatic heterocycles. The maximum Gasteiger partial charge on any atom is 0.203 e. The highest BCUT2D eigenvalue weighted by Crippen LogP contribution is 2.38. The Morgan fingerprint density at radius 2 is 1.61 bits per heavy atom. The Morgan fingerprint density at radius 1 is 0.909 bits per heavy atom. The van der Waals surface area contributed by atoms with Crippen LogP contribution in [0.1, 0.15) is 22.8 Å². The maximum absolute atomic E-state index is 11.0. The third-order valence-electron chi connectivity index (χ3n) is 6.08. The summed E-state index contributed by atoms with van der Waals surface area (Å²) in [5.41, 5.74) is 3.89. The first-order valence-corrected chi connectivity index (χ1v) is 11.1. The molecule has 1 fully saturated rings. The molecule has 1 unspecified atom stereocenters. The molecule has 0 bridgehead atoms. The van der Waals surface area contributed by atoms with Gasteiger partial charge in [0.2, 0.25) is 5.75 Å². The Morgan fingerprint density at radius 3 is 2.21 bits per heavy atom. The molecule has 0 spiro atoms.